The first-order valence-electron chi connectivity index (χ1n) is 7.73. The monoisotopic (exact) mass is 344 g/mol. The topological polar surface area (TPSA) is 85.9 Å². The van der Waals surface area contributed by atoms with Crippen LogP contribution < -0.4 is 20.1 Å². The van der Waals surface area contributed by atoms with Gasteiger partial charge in [-0.2, -0.15) is 0 Å². The molecule has 0 aliphatic rings. The maximum atomic E-state index is 11.9. The molecule has 2 amide bonds. The van der Waals surface area contributed by atoms with E-state index < -0.39 is 6.16 Å². The van der Waals surface area contributed by atoms with Gasteiger partial charge in [0.25, 0.3) is 0 Å². The minimum atomic E-state index is -0.763. The number of hydrogen-bond acceptors (Lipinski definition) is 5. The van der Waals surface area contributed by atoms with Crippen LogP contribution in [0.25, 0.3) is 0 Å². The Hall–Kier alpha value is -3.22. The number of amides is 2. The van der Waals surface area contributed by atoms with Crippen LogP contribution in [-0.4, -0.2) is 25.9 Å². The van der Waals surface area contributed by atoms with Gasteiger partial charge >= 0.3 is 12.2 Å². The molecule has 0 heterocycles. The second-order valence-electron chi connectivity index (χ2n) is 4.97. The molecular formula is C18H20N2O5. The number of anilines is 1. The smallest absolute Gasteiger partial charge is 0.497 e. The Labute approximate surface area is 145 Å². The number of benzene rings is 2. The zero-order valence-corrected chi connectivity index (χ0v) is 14.1. The number of carbonyl (C=O) groups excluding carboxylic acids is 2. The van der Waals surface area contributed by atoms with Crippen molar-refractivity contribution in [1.82, 2.24) is 5.32 Å². The predicted molar refractivity (Wildman–Crippen MR) is 92.9 cm³/mol. The fourth-order valence-electron chi connectivity index (χ4n) is 1.95. The average molecular weight is 344 g/mol. The van der Waals surface area contributed by atoms with Crippen LogP contribution in [0.5, 0.6) is 11.5 Å². The Morgan fingerprint density at radius 3 is 2.20 bits per heavy atom. The van der Waals surface area contributed by atoms with E-state index in [4.69, 9.17) is 9.47 Å². The summed E-state index contributed by atoms with van der Waals surface area (Å²) in [6.45, 7) is 2.32. The van der Waals surface area contributed by atoms with Gasteiger partial charge in [0.15, 0.2) is 0 Å². The van der Waals surface area contributed by atoms with Crippen molar-refractivity contribution in [2.24, 2.45) is 0 Å². The molecule has 0 atom stereocenters. The number of carbonyl (C=O) groups is 2. The van der Waals surface area contributed by atoms with Crippen LogP contribution in [-0.2, 0) is 11.3 Å². The molecule has 2 aromatic carbocycles. The van der Waals surface area contributed by atoms with E-state index in [-0.39, 0.29) is 12.6 Å². The van der Waals surface area contributed by atoms with Crippen LogP contribution in [0.4, 0.5) is 15.3 Å². The lowest BCUT2D eigenvalue weighted by atomic mass is 10.2. The first-order chi connectivity index (χ1) is 12.1. The van der Waals surface area contributed by atoms with Crippen molar-refractivity contribution in [2.45, 2.75) is 13.5 Å². The van der Waals surface area contributed by atoms with E-state index in [2.05, 4.69) is 15.4 Å². The van der Waals surface area contributed by atoms with Gasteiger partial charge in [0.1, 0.15) is 11.5 Å². The Morgan fingerprint density at radius 1 is 0.960 bits per heavy atom. The molecule has 0 fully saturated rings. The van der Waals surface area contributed by atoms with Gasteiger partial charge in [0, 0.05) is 12.2 Å². The van der Waals surface area contributed by atoms with Crippen molar-refractivity contribution in [3.05, 3.63) is 54.1 Å². The molecule has 2 aromatic rings. The number of hydrogen-bond donors (Lipinski definition) is 2. The molecule has 0 unspecified atom stereocenters. The first-order valence-corrected chi connectivity index (χ1v) is 7.73. The highest BCUT2D eigenvalue weighted by Crippen LogP contribution is 2.16. The van der Waals surface area contributed by atoms with E-state index >= 15 is 0 Å². The molecule has 0 spiro atoms. The molecule has 0 radical (unpaired) electrons. The van der Waals surface area contributed by atoms with Crippen molar-refractivity contribution in [1.29, 1.82) is 0 Å². The number of ether oxygens (including phenoxy) is 3. The van der Waals surface area contributed by atoms with E-state index in [1.165, 1.54) is 0 Å². The van der Waals surface area contributed by atoms with Crippen LogP contribution in [0.1, 0.15) is 12.5 Å². The number of methoxy groups -OCH3 is 1. The zero-order chi connectivity index (χ0) is 18.1. The minimum Gasteiger partial charge on any atom is -0.497 e. The number of rotatable bonds is 6. The second kappa shape index (κ2) is 9.17. The average Bonchev–Trinajstić information content (AvgIpc) is 2.62. The van der Waals surface area contributed by atoms with E-state index in [1.54, 1.807) is 38.3 Å². The van der Waals surface area contributed by atoms with Crippen LogP contribution >= 0.6 is 0 Å². The maximum Gasteiger partial charge on any atom is 0.513 e. The highest BCUT2D eigenvalue weighted by molar-refractivity contribution is 5.89. The molecule has 7 nitrogen and oxygen atoms in total. The molecule has 132 valence electrons. The molecule has 25 heavy (non-hydrogen) atoms. The third kappa shape index (κ3) is 6.06. The molecule has 2 N–H and O–H groups in total. The highest BCUT2D eigenvalue weighted by Gasteiger charge is 2.06. The summed E-state index contributed by atoms with van der Waals surface area (Å²) in [6, 6.07) is 13.5. The van der Waals surface area contributed by atoms with E-state index in [9.17, 15) is 9.59 Å². The van der Waals surface area contributed by atoms with Crippen molar-refractivity contribution in [2.75, 3.05) is 19.0 Å². The maximum absolute atomic E-state index is 11.9. The van der Waals surface area contributed by atoms with Crippen molar-refractivity contribution < 1.29 is 23.8 Å². The summed E-state index contributed by atoms with van der Waals surface area (Å²) >= 11 is 0. The summed E-state index contributed by atoms with van der Waals surface area (Å²) in [5, 5.41) is 5.45. The van der Waals surface area contributed by atoms with Crippen LogP contribution in [0, 0.1) is 0 Å². The van der Waals surface area contributed by atoms with Gasteiger partial charge in [-0.1, -0.05) is 12.1 Å². The first kappa shape index (κ1) is 18.1. The summed E-state index contributed by atoms with van der Waals surface area (Å²) in [4.78, 5) is 23.1. The van der Waals surface area contributed by atoms with Crippen LogP contribution in [0.2, 0.25) is 0 Å². The molecule has 0 saturated carbocycles. The van der Waals surface area contributed by atoms with Gasteiger partial charge in [-0.05, 0) is 48.9 Å². The third-order valence-corrected chi connectivity index (χ3v) is 3.19. The molecule has 2 rings (SSSR count). The normalized spacial score (nSPS) is 9.84. The van der Waals surface area contributed by atoms with E-state index in [0.717, 1.165) is 11.3 Å². The molecule has 0 aromatic heterocycles. The lowest BCUT2D eigenvalue weighted by Crippen LogP contribution is -2.28. The molecule has 0 saturated heterocycles. The van der Waals surface area contributed by atoms with Gasteiger partial charge in [-0.15, -0.1) is 0 Å². The Kier molecular flexibility index (Phi) is 6.65. The summed E-state index contributed by atoms with van der Waals surface area (Å²) < 4.78 is 14.7. The largest absolute Gasteiger partial charge is 0.513 e. The number of nitrogens with one attached hydrogen (secondary N) is 2. The summed E-state index contributed by atoms with van der Waals surface area (Å²) in [6.07, 6.45) is -0.763. The fourth-order valence-corrected chi connectivity index (χ4v) is 1.95. The lowest BCUT2D eigenvalue weighted by molar-refractivity contribution is 0.104. The summed E-state index contributed by atoms with van der Waals surface area (Å²) in [5.41, 5.74) is 1.53. The Bertz CT molecular complexity index is 698. The fraction of sp³-hybridized carbons (Fsp3) is 0.222. The van der Waals surface area contributed by atoms with Gasteiger partial charge in [-0.25, -0.2) is 9.59 Å². The quantitative estimate of drug-likeness (QED) is 0.618. The molecule has 0 bridgehead atoms. The highest BCUT2D eigenvalue weighted by atomic mass is 16.7. The van der Waals surface area contributed by atoms with Crippen molar-refractivity contribution >= 4 is 17.9 Å². The van der Waals surface area contributed by atoms with Gasteiger partial charge < -0.3 is 24.8 Å². The minimum absolute atomic E-state index is 0.243. The molecular weight excluding hydrogens is 324 g/mol. The van der Waals surface area contributed by atoms with E-state index in [0.29, 0.717) is 18.0 Å². The third-order valence-electron chi connectivity index (χ3n) is 3.19. The molecule has 0 aliphatic heterocycles. The summed E-state index contributed by atoms with van der Waals surface area (Å²) in [5.74, 6) is 1.10. The van der Waals surface area contributed by atoms with Gasteiger partial charge in [-0.3, -0.25) is 0 Å². The standard InChI is InChI=1S/C18H20N2O5/c1-3-24-18(22)25-16-10-6-14(7-11-16)20-17(21)19-12-13-4-8-15(23-2)9-5-13/h4-11H,3,12H2,1-2H3,(H2,19,20,21). The molecule has 7 heteroatoms. The van der Waals surface area contributed by atoms with E-state index in [1.807, 2.05) is 24.3 Å². The SMILES string of the molecule is CCOC(=O)Oc1ccc(NC(=O)NCc2ccc(OC)cc2)cc1. The Morgan fingerprint density at radius 2 is 1.60 bits per heavy atom. The molecule has 0 aliphatic carbocycles. The van der Waals surface area contributed by atoms with Crippen LogP contribution in [0.15, 0.2) is 48.5 Å². The second-order valence-corrected chi connectivity index (χ2v) is 4.97. The zero-order valence-electron chi connectivity index (χ0n) is 14.1. The van der Waals surface area contributed by atoms with Crippen molar-refractivity contribution in [3.63, 3.8) is 0 Å². The Balaban J connectivity index is 1.80. The van der Waals surface area contributed by atoms with Gasteiger partial charge in [0.2, 0.25) is 0 Å². The van der Waals surface area contributed by atoms with Crippen LogP contribution in [0.3, 0.4) is 0 Å². The summed E-state index contributed by atoms with van der Waals surface area (Å²) in [7, 11) is 1.60. The lowest BCUT2D eigenvalue weighted by Gasteiger charge is -2.09. The predicted octanol–water partition coefficient (Wildman–Crippen LogP) is 3.55. The van der Waals surface area contributed by atoms with Crippen molar-refractivity contribution in [3.8, 4) is 11.5 Å². The van der Waals surface area contributed by atoms with Gasteiger partial charge in [0.05, 0.1) is 13.7 Å². The number of urea groups is 1.